The number of thioether (sulfide) groups is 1. The fourth-order valence-corrected chi connectivity index (χ4v) is 2.80. The number of imide groups is 1. The summed E-state index contributed by atoms with van der Waals surface area (Å²) < 4.78 is 5.47. The van der Waals surface area contributed by atoms with E-state index in [0.29, 0.717) is 12.3 Å². The van der Waals surface area contributed by atoms with E-state index < -0.39 is 17.2 Å². The number of nitrogens with one attached hydrogen (secondary N) is 2. The van der Waals surface area contributed by atoms with Gasteiger partial charge in [0.25, 0.3) is 5.22 Å². The van der Waals surface area contributed by atoms with Crippen LogP contribution < -0.4 is 10.6 Å². The molecule has 2 heterocycles. The number of rotatable bonds is 5. The third-order valence-electron chi connectivity index (χ3n) is 2.56. The molecule has 0 aliphatic heterocycles. The largest absolute Gasteiger partial charge is 0.416 e. The van der Waals surface area contributed by atoms with Crippen molar-refractivity contribution in [2.45, 2.75) is 30.7 Å². The fraction of sp³-hybridized carbons (Fsp3) is 0.417. The molecule has 1 atom stereocenters. The van der Waals surface area contributed by atoms with Crippen molar-refractivity contribution in [1.82, 2.24) is 25.8 Å². The minimum atomic E-state index is -0.553. The quantitative estimate of drug-likeness (QED) is 0.790. The summed E-state index contributed by atoms with van der Waals surface area (Å²) in [4.78, 5) is 27.1. The molecule has 0 saturated heterocycles. The van der Waals surface area contributed by atoms with Crippen LogP contribution in [0.1, 0.15) is 23.5 Å². The molecule has 0 aliphatic rings. The van der Waals surface area contributed by atoms with Gasteiger partial charge in [-0.25, -0.2) is 9.78 Å². The Labute approximate surface area is 135 Å². The van der Waals surface area contributed by atoms with Gasteiger partial charge in [-0.3, -0.25) is 10.1 Å². The van der Waals surface area contributed by atoms with E-state index >= 15 is 0 Å². The van der Waals surface area contributed by atoms with Crippen LogP contribution in [0, 0.1) is 6.92 Å². The monoisotopic (exact) mass is 341 g/mol. The molecular weight excluding hydrogens is 326 g/mol. The average Bonchev–Trinajstić information content (AvgIpc) is 3.08. The van der Waals surface area contributed by atoms with Crippen LogP contribution in [0.5, 0.6) is 0 Å². The van der Waals surface area contributed by atoms with Crippen LogP contribution in [0.2, 0.25) is 0 Å². The van der Waals surface area contributed by atoms with Crippen molar-refractivity contribution in [3.05, 3.63) is 22.0 Å². The molecule has 0 aromatic carbocycles. The van der Waals surface area contributed by atoms with Crippen molar-refractivity contribution in [2.75, 3.05) is 7.05 Å². The number of carbonyl (C=O) groups is 2. The van der Waals surface area contributed by atoms with Crippen LogP contribution in [0.15, 0.2) is 15.0 Å². The Hall–Kier alpha value is -1.94. The predicted octanol–water partition coefficient (Wildman–Crippen LogP) is 1.36. The summed E-state index contributed by atoms with van der Waals surface area (Å²) in [5.74, 6) is 0.00550. The molecule has 10 heteroatoms. The summed E-state index contributed by atoms with van der Waals surface area (Å²) >= 11 is 2.65. The van der Waals surface area contributed by atoms with Crippen molar-refractivity contribution < 1.29 is 14.0 Å². The summed E-state index contributed by atoms with van der Waals surface area (Å²) in [6.07, 6.45) is 0.455. The van der Waals surface area contributed by atoms with Crippen LogP contribution in [-0.2, 0) is 11.2 Å². The van der Waals surface area contributed by atoms with E-state index in [1.807, 2.05) is 12.3 Å². The number of nitrogens with zero attached hydrogens (tertiary/aromatic N) is 3. The Bertz CT molecular complexity index is 669. The lowest BCUT2D eigenvalue weighted by Gasteiger charge is -2.07. The molecule has 0 fully saturated rings. The molecule has 2 rings (SSSR count). The van der Waals surface area contributed by atoms with Crippen molar-refractivity contribution in [3.8, 4) is 0 Å². The zero-order valence-corrected chi connectivity index (χ0v) is 13.9. The third kappa shape index (κ3) is 4.53. The minimum Gasteiger partial charge on any atom is -0.416 e. The molecule has 2 aromatic rings. The summed E-state index contributed by atoms with van der Waals surface area (Å²) in [6.45, 7) is 3.58. The van der Waals surface area contributed by atoms with E-state index in [0.717, 1.165) is 22.5 Å². The molecule has 3 amide bonds. The molecule has 0 unspecified atom stereocenters. The van der Waals surface area contributed by atoms with Gasteiger partial charge in [-0.15, -0.1) is 21.5 Å². The van der Waals surface area contributed by atoms with Crippen LogP contribution in [0.3, 0.4) is 0 Å². The second-order valence-corrected chi connectivity index (χ2v) is 6.68. The van der Waals surface area contributed by atoms with Gasteiger partial charge in [0.2, 0.25) is 11.8 Å². The van der Waals surface area contributed by atoms with Crippen molar-refractivity contribution in [3.63, 3.8) is 0 Å². The second-order valence-electron chi connectivity index (χ2n) is 4.32. The summed E-state index contributed by atoms with van der Waals surface area (Å²) in [7, 11) is 1.44. The number of aryl methyl sites for hydroxylation is 1. The SMILES string of the molecule is CNC(=O)NC(=O)[C@@H](C)Sc1nnc(Cc2csc(C)n2)o1. The van der Waals surface area contributed by atoms with Gasteiger partial charge in [0, 0.05) is 12.4 Å². The number of amides is 3. The Morgan fingerprint density at radius 3 is 2.86 bits per heavy atom. The Kier molecular flexibility index (Phi) is 5.50. The lowest BCUT2D eigenvalue weighted by molar-refractivity contribution is -0.119. The number of carbonyl (C=O) groups excluding carboxylic acids is 2. The second kappa shape index (κ2) is 7.36. The first-order chi connectivity index (χ1) is 10.5. The van der Waals surface area contributed by atoms with Gasteiger partial charge in [-0.05, 0) is 13.8 Å². The molecule has 0 bridgehead atoms. The van der Waals surface area contributed by atoms with E-state index in [4.69, 9.17) is 4.42 Å². The summed E-state index contributed by atoms with van der Waals surface area (Å²) in [5, 5.41) is 15.0. The zero-order chi connectivity index (χ0) is 16.1. The molecule has 8 nitrogen and oxygen atoms in total. The highest BCUT2D eigenvalue weighted by Gasteiger charge is 2.20. The van der Waals surface area contributed by atoms with E-state index in [2.05, 4.69) is 25.8 Å². The fourth-order valence-electron chi connectivity index (χ4n) is 1.48. The van der Waals surface area contributed by atoms with Crippen molar-refractivity contribution >= 4 is 35.0 Å². The first-order valence-electron chi connectivity index (χ1n) is 6.40. The first kappa shape index (κ1) is 16.4. The molecule has 2 N–H and O–H groups in total. The smallest absolute Gasteiger partial charge is 0.321 e. The first-order valence-corrected chi connectivity index (χ1v) is 8.16. The molecule has 118 valence electrons. The topological polar surface area (TPSA) is 110 Å². The highest BCUT2D eigenvalue weighted by atomic mass is 32.2. The van der Waals surface area contributed by atoms with Gasteiger partial charge < -0.3 is 9.73 Å². The Balaban J connectivity index is 1.91. The van der Waals surface area contributed by atoms with Crippen molar-refractivity contribution in [1.29, 1.82) is 0 Å². The Morgan fingerprint density at radius 1 is 1.45 bits per heavy atom. The number of hydrogen-bond donors (Lipinski definition) is 2. The molecule has 22 heavy (non-hydrogen) atoms. The maximum Gasteiger partial charge on any atom is 0.321 e. The van der Waals surface area contributed by atoms with E-state index in [1.165, 1.54) is 7.05 Å². The number of thiazole rings is 1. The summed E-state index contributed by atoms with van der Waals surface area (Å²) in [6, 6.07) is -0.553. The van der Waals surface area contributed by atoms with Gasteiger partial charge in [-0.1, -0.05) is 11.8 Å². The molecule has 0 spiro atoms. The molecule has 2 aromatic heterocycles. The maximum absolute atomic E-state index is 11.7. The van der Waals surface area contributed by atoms with Crippen LogP contribution in [0.4, 0.5) is 4.79 Å². The standard InChI is InChI=1S/C12H15N5O3S2/c1-6(10(18)15-11(19)13-3)22-12-17-16-9(20-12)4-8-5-21-7(2)14-8/h5-6H,4H2,1-3H3,(H2,13,15,18,19)/t6-/m1/s1. The number of hydrogen-bond acceptors (Lipinski definition) is 8. The van der Waals surface area contributed by atoms with Gasteiger partial charge in [0.05, 0.1) is 22.4 Å². The predicted molar refractivity (Wildman–Crippen MR) is 81.9 cm³/mol. The maximum atomic E-state index is 11.7. The van der Waals surface area contributed by atoms with Gasteiger partial charge in [0.15, 0.2) is 0 Å². The van der Waals surface area contributed by atoms with E-state index in [9.17, 15) is 9.59 Å². The molecule has 0 saturated carbocycles. The van der Waals surface area contributed by atoms with E-state index in [-0.39, 0.29) is 5.22 Å². The Morgan fingerprint density at radius 2 is 2.23 bits per heavy atom. The minimum absolute atomic E-state index is 0.279. The van der Waals surface area contributed by atoms with Gasteiger partial charge in [0.1, 0.15) is 0 Å². The molecular formula is C12H15N5O3S2. The van der Waals surface area contributed by atoms with Gasteiger partial charge >= 0.3 is 6.03 Å². The normalized spacial score (nSPS) is 12.0. The highest BCUT2D eigenvalue weighted by Crippen LogP contribution is 2.22. The van der Waals surface area contributed by atoms with E-state index in [1.54, 1.807) is 18.3 Å². The van der Waals surface area contributed by atoms with Crippen LogP contribution in [0.25, 0.3) is 0 Å². The van der Waals surface area contributed by atoms with Crippen LogP contribution in [-0.4, -0.2) is 39.4 Å². The highest BCUT2D eigenvalue weighted by molar-refractivity contribution is 8.00. The lowest BCUT2D eigenvalue weighted by Crippen LogP contribution is -2.41. The lowest BCUT2D eigenvalue weighted by atomic mass is 10.3. The molecule has 0 aliphatic carbocycles. The van der Waals surface area contributed by atoms with Gasteiger partial charge in [-0.2, -0.15) is 0 Å². The molecule has 0 radical (unpaired) electrons. The van der Waals surface area contributed by atoms with Crippen LogP contribution >= 0.6 is 23.1 Å². The third-order valence-corrected chi connectivity index (χ3v) is 4.31. The average molecular weight is 341 g/mol. The zero-order valence-electron chi connectivity index (χ0n) is 12.2. The summed E-state index contributed by atoms with van der Waals surface area (Å²) in [5.41, 5.74) is 0.869. The van der Waals surface area contributed by atoms with Crippen molar-refractivity contribution in [2.24, 2.45) is 0 Å². The number of aromatic nitrogens is 3. The number of urea groups is 1.